The highest BCUT2D eigenvalue weighted by Crippen LogP contribution is 2.28. The molecule has 1 saturated heterocycles. The molecule has 0 radical (unpaired) electrons. The van der Waals surface area contributed by atoms with Gasteiger partial charge in [0.25, 0.3) is 0 Å². The molecule has 2 aliphatic rings. The van der Waals surface area contributed by atoms with Crippen molar-refractivity contribution in [2.24, 2.45) is 5.92 Å². The van der Waals surface area contributed by atoms with E-state index in [2.05, 4.69) is 24.8 Å². The van der Waals surface area contributed by atoms with Crippen molar-refractivity contribution in [2.75, 3.05) is 49.7 Å². The number of anilines is 2. The number of hydrogen-bond donors (Lipinski definition) is 0. The molecule has 7 heteroatoms. The first-order valence-corrected chi connectivity index (χ1v) is 7.55. The maximum Gasteiger partial charge on any atom is 0.231 e. The molecule has 3 rings (SSSR count). The molecule has 0 unspecified atom stereocenters. The van der Waals surface area contributed by atoms with Gasteiger partial charge in [0, 0.05) is 26.7 Å². The fraction of sp³-hybridized carbons (Fsp3) is 0.769. The van der Waals surface area contributed by atoms with Crippen LogP contribution in [0.25, 0.3) is 0 Å². The lowest BCUT2D eigenvalue weighted by Crippen LogP contribution is -2.38. The van der Waals surface area contributed by atoms with Gasteiger partial charge in [0.15, 0.2) is 0 Å². The molecule has 1 aliphatic carbocycles. The molecule has 0 amide bonds. The first kappa shape index (κ1) is 13.8. The van der Waals surface area contributed by atoms with Gasteiger partial charge in [0.1, 0.15) is 0 Å². The normalized spacial score (nSPS) is 19.8. The van der Waals surface area contributed by atoms with E-state index in [9.17, 15) is 0 Å². The van der Waals surface area contributed by atoms with Crippen molar-refractivity contribution in [1.29, 1.82) is 0 Å². The maximum atomic E-state index is 6.05. The van der Waals surface area contributed by atoms with E-state index >= 15 is 0 Å². The number of nitrogens with zero attached hydrogens (tertiary/aromatic N) is 5. The molecule has 1 saturated carbocycles. The third-order valence-electron chi connectivity index (χ3n) is 3.98. The monoisotopic (exact) mass is 297 g/mol. The fourth-order valence-electron chi connectivity index (χ4n) is 2.55. The minimum Gasteiger partial charge on any atom is -0.378 e. The van der Waals surface area contributed by atoms with Gasteiger partial charge in [0.05, 0.1) is 13.2 Å². The number of aromatic nitrogens is 3. The topological polar surface area (TPSA) is 54.4 Å². The van der Waals surface area contributed by atoms with Crippen LogP contribution in [0.1, 0.15) is 19.3 Å². The van der Waals surface area contributed by atoms with E-state index in [0.717, 1.165) is 25.6 Å². The summed E-state index contributed by atoms with van der Waals surface area (Å²) in [6.07, 6.45) is 3.95. The Morgan fingerprint density at radius 3 is 2.65 bits per heavy atom. The van der Waals surface area contributed by atoms with Gasteiger partial charge in [-0.3, -0.25) is 0 Å². The summed E-state index contributed by atoms with van der Waals surface area (Å²) in [4.78, 5) is 17.2. The highest BCUT2D eigenvalue weighted by molar-refractivity contribution is 6.28. The van der Waals surface area contributed by atoms with E-state index in [-0.39, 0.29) is 5.28 Å². The highest BCUT2D eigenvalue weighted by Gasteiger charge is 2.22. The van der Waals surface area contributed by atoms with Crippen LogP contribution in [-0.2, 0) is 4.74 Å². The van der Waals surface area contributed by atoms with Crippen LogP contribution in [0.2, 0.25) is 5.28 Å². The molecule has 110 valence electrons. The zero-order valence-electron chi connectivity index (χ0n) is 11.8. The minimum absolute atomic E-state index is 0.261. The highest BCUT2D eigenvalue weighted by atomic mass is 35.5. The molecule has 0 aromatic carbocycles. The average molecular weight is 298 g/mol. The van der Waals surface area contributed by atoms with Crippen molar-refractivity contribution in [2.45, 2.75) is 19.3 Å². The molecule has 0 spiro atoms. The zero-order valence-corrected chi connectivity index (χ0v) is 12.5. The summed E-state index contributed by atoms with van der Waals surface area (Å²) in [5, 5.41) is 0.261. The predicted octanol–water partition coefficient (Wildman–Crippen LogP) is 1.60. The third kappa shape index (κ3) is 3.12. The first-order valence-electron chi connectivity index (χ1n) is 7.18. The summed E-state index contributed by atoms with van der Waals surface area (Å²) in [6, 6.07) is 0. The van der Waals surface area contributed by atoms with E-state index in [0.29, 0.717) is 25.1 Å². The Labute approximate surface area is 124 Å². The molecule has 1 aromatic heterocycles. The number of hydrogen-bond acceptors (Lipinski definition) is 6. The van der Waals surface area contributed by atoms with Crippen LogP contribution < -0.4 is 9.80 Å². The summed E-state index contributed by atoms with van der Waals surface area (Å²) in [5.41, 5.74) is 0. The van der Waals surface area contributed by atoms with Gasteiger partial charge in [-0.25, -0.2) is 0 Å². The second kappa shape index (κ2) is 6.10. The largest absolute Gasteiger partial charge is 0.378 e. The molecule has 20 heavy (non-hydrogen) atoms. The Balaban J connectivity index is 1.74. The van der Waals surface area contributed by atoms with Crippen LogP contribution in [-0.4, -0.2) is 54.8 Å². The van der Waals surface area contributed by atoms with Gasteiger partial charge in [-0.1, -0.05) is 6.42 Å². The molecule has 0 bridgehead atoms. The molecule has 6 nitrogen and oxygen atoms in total. The minimum atomic E-state index is 0.261. The second-order valence-corrected chi connectivity index (χ2v) is 5.82. The Morgan fingerprint density at radius 2 is 2.00 bits per heavy atom. The van der Waals surface area contributed by atoms with Crippen LogP contribution in [0.15, 0.2) is 0 Å². The first-order chi connectivity index (χ1) is 9.72. The lowest BCUT2D eigenvalue weighted by molar-refractivity contribution is 0.122. The predicted molar refractivity (Wildman–Crippen MR) is 78.5 cm³/mol. The molecule has 0 atom stereocenters. The van der Waals surface area contributed by atoms with Crippen molar-refractivity contribution in [3.63, 3.8) is 0 Å². The van der Waals surface area contributed by atoms with Crippen LogP contribution in [0, 0.1) is 5.92 Å². The third-order valence-corrected chi connectivity index (χ3v) is 4.15. The van der Waals surface area contributed by atoms with Crippen LogP contribution in [0.3, 0.4) is 0 Å². The summed E-state index contributed by atoms with van der Waals surface area (Å²) in [6.45, 7) is 3.99. The van der Waals surface area contributed by atoms with Gasteiger partial charge < -0.3 is 14.5 Å². The zero-order chi connectivity index (χ0) is 13.9. The van der Waals surface area contributed by atoms with Crippen LogP contribution in [0.4, 0.5) is 11.9 Å². The van der Waals surface area contributed by atoms with Gasteiger partial charge >= 0.3 is 0 Å². The molecule has 2 heterocycles. The number of ether oxygens (including phenoxy) is 1. The lowest BCUT2D eigenvalue weighted by atomic mass is 9.85. The molecular formula is C13H20ClN5O. The van der Waals surface area contributed by atoms with Crippen molar-refractivity contribution < 1.29 is 4.74 Å². The van der Waals surface area contributed by atoms with E-state index < -0.39 is 0 Å². The average Bonchev–Trinajstić information content (AvgIpc) is 2.43. The summed E-state index contributed by atoms with van der Waals surface area (Å²) < 4.78 is 5.35. The fourth-order valence-corrected chi connectivity index (χ4v) is 2.70. The van der Waals surface area contributed by atoms with Crippen molar-refractivity contribution in [1.82, 2.24) is 15.0 Å². The Kier molecular flexibility index (Phi) is 4.21. The summed E-state index contributed by atoms with van der Waals surface area (Å²) in [7, 11) is 2.02. The van der Waals surface area contributed by atoms with Crippen LogP contribution in [0.5, 0.6) is 0 Å². The van der Waals surface area contributed by atoms with Crippen molar-refractivity contribution >= 4 is 23.5 Å². The SMILES string of the molecule is CN(CC1CCC1)c1nc(Cl)nc(N2CCOCC2)n1. The van der Waals surface area contributed by atoms with E-state index in [1.165, 1.54) is 19.3 Å². The van der Waals surface area contributed by atoms with Crippen molar-refractivity contribution in [3.8, 4) is 0 Å². The Morgan fingerprint density at radius 1 is 1.25 bits per heavy atom. The van der Waals surface area contributed by atoms with E-state index in [1.54, 1.807) is 0 Å². The Bertz CT molecular complexity index is 462. The Hall–Kier alpha value is -1.14. The molecular weight excluding hydrogens is 278 g/mol. The molecule has 1 aromatic rings. The molecule has 0 N–H and O–H groups in total. The van der Waals surface area contributed by atoms with E-state index in [1.807, 2.05) is 7.05 Å². The molecule has 1 aliphatic heterocycles. The van der Waals surface area contributed by atoms with Gasteiger partial charge in [-0.2, -0.15) is 15.0 Å². The quantitative estimate of drug-likeness (QED) is 0.841. The standard InChI is InChI=1S/C13H20ClN5O/c1-18(9-10-3-2-4-10)12-15-11(14)16-13(17-12)19-5-7-20-8-6-19/h10H,2-9H2,1H3. The lowest BCUT2D eigenvalue weighted by Gasteiger charge is -2.31. The smallest absolute Gasteiger partial charge is 0.231 e. The van der Waals surface area contributed by atoms with E-state index in [4.69, 9.17) is 16.3 Å². The number of halogens is 1. The van der Waals surface area contributed by atoms with Gasteiger partial charge in [0.2, 0.25) is 17.2 Å². The number of rotatable bonds is 4. The summed E-state index contributed by atoms with van der Waals surface area (Å²) in [5.74, 6) is 2.09. The molecule has 2 fully saturated rings. The second-order valence-electron chi connectivity index (χ2n) is 5.48. The maximum absolute atomic E-state index is 6.05. The van der Waals surface area contributed by atoms with Crippen LogP contribution >= 0.6 is 11.6 Å². The van der Waals surface area contributed by atoms with Gasteiger partial charge in [-0.05, 0) is 30.4 Å². The summed E-state index contributed by atoms with van der Waals surface area (Å²) >= 11 is 6.05. The number of morpholine rings is 1. The van der Waals surface area contributed by atoms with Gasteiger partial charge in [-0.15, -0.1) is 0 Å². The van der Waals surface area contributed by atoms with Crippen molar-refractivity contribution in [3.05, 3.63) is 5.28 Å².